The third-order valence-corrected chi connectivity index (χ3v) is 2.53. The number of hydrogen-bond acceptors (Lipinski definition) is 1. The van der Waals surface area contributed by atoms with Crippen molar-refractivity contribution in [3.63, 3.8) is 0 Å². The van der Waals surface area contributed by atoms with Gasteiger partial charge in [-0.05, 0) is 32.4 Å². The number of carbonyl (C=O) groups excluding carboxylic acids is 1. The first kappa shape index (κ1) is 15.0. The Kier molecular flexibility index (Phi) is 6.37. The number of hydrogen-bond donors (Lipinski definition) is 1. The Morgan fingerprint density at radius 3 is 2.58 bits per heavy atom. The van der Waals surface area contributed by atoms with Crippen LogP contribution in [0.2, 0.25) is 0 Å². The Bertz CT molecular complexity index is 479. The molecule has 2 heteroatoms. The van der Waals surface area contributed by atoms with Gasteiger partial charge >= 0.3 is 0 Å². The van der Waals surface area contributed by atoms with E-state index in [9.17, 15) is 4.79 Å². The molecule has 1 amide bonds. The summed E-state index contributed by atoms with van der Waals surface area (Å²) in [6.07, 6.45) is 6.75. The van der Waals surface area contributed by atoms with Gasteiger partial charge in [0.2, 0.25) is 0 Å². The molecule has 0 saturated carbocycles. The largest absolute Gasteiger partial charge is 0.352 e. The van der Waals surface area contributed by atoms with Crippen LogP contribution in [-0.2, 0) is 0 Å². The third kappa shape index (κ3) is 6.41. The number of allylic oxidation sites excluding steroid dienone is 4. The highest BCUT2D eigenvalue weighted by atomic mass is 16.1. The second-order valence-corrected chi connectivity index (χ2v) is 4.63. The predicted octanol–water partition coefficient (Wildman–Crippen LogP) is 3.89. The van der Waals surface area contributed by atoms with E-state index < -0.39 is 0 Å². The number of amides is 1. The molecule has 0 fully saturated rings. The summed E-state index contributed by atoms with van der Waals surface area (Å²) in [5.74, 6) is -0.0401. The number of carbonyl (C=O) groups is 1. The molecule has 0 aliphatic rings. The van der Waals surface area contributed by atoms with Crippen molar-refractivity contribution in [2.75, 3.05) is 6.54 Å². The van der Waals surface area contributed by atoms with E-state index >= 15 is 0 Å². The molecule has 0 radical (unpaired) electrons. The van der Waals surface area contributed by atoms with Crippen LogP contribution in [-0.4, -0.2) is 12.5 Å². The molecule has 2 nitrogen and oxygen atoms in total. The smallest absolute Gasteiger partial charge is 0.251 e. The Hall–Kier alpha value is -2.09. The molecule has 1 aromatic carbocycles. The SMILES string of the molecule is C=C(/C=C\C=C(C)C)CCNC(=O)c1ccccc1. The summed E-state index contributed by atoms with van der Waals surface area (Å²) in [6.45, 7) is 8.65. The van der Waals surface area contributed by atoms with Crippen molar-refractivity contribution in [3.05, 3.63) is 71.8 Å². The molecule has 0 aliphatic carbocycles. The minimum Gasteiger partial charge on any atom is -0.352 e. The zero-order valence-electron chi connectivity index (χ0n) is 11.6. The molecule has 0 saturated heterocycles. The van der Waals surface area contributed by atoms with Crippen molar-refractivity contribution in [1.29, 1.82) is 0 Å². The minimum atomic E-state index is -0.0401. The van der Waals surface area contributed by atoms with Crippen molar-refractivity contribution < 1.29 is 4.79 Å². The molecule has 0 heterocycles. The van der Waals surface area contributed by atoms with E-state index in [1.165, 1.54) is 5.57 Å². The molecule has 1 aromatic rings. The van der Waals surface area contributed by atoms with Crippen LogP contribution in [0.1, 0.15) is 30.6 Å². The maximum atomic E-state index is 11.8. The van der Waals surface area contributed by atoms with Crippen LogP contribution in [0.4, 0.5) is 0 Å². The molecular weight excluding hydrogens is 234 g/mol. The standard InChI is InChI=1S/C17H21NO/c1-14(2)8-7-9-15(3)12-13-18-17(19)16-10-5-4-6-11-16/h4-11H,3,12-13H2,1-2H3,(H,18,19)/b9-7-. The fourth-order valence-corrected chi connectivity index (χ4v) is 1.49. The molecule has 0 unspecified atom stereocenters. The zero-order valence-corrected chi connectivity index (χ0v) is 11.6. The highest BCUT2D eigenvalue weighted by Gasteiger charge is 2.02. The maximum Gasteiger partial charge on any atom is 0.251 e. The van der Waals surface area contributed by atoms with Crippen LogP contribution in [0, 0.1) is 0 Å². The fourth-order valence-electron chi connectivity index (χ4n) is 1.49. The summed E-state index contributed by atoms with van der Waals surface area (Å²) < 4.78 is 0. The van der Waals surface area contributed by atoms with Gasteiger partial charge in [-0.2, -0.15) is 0 Å². The Balaban J connectivity index is 2.31. The molecule has 0 aliphatic heterocycles. The van der Waals surface area contributed by atoms with E-state index in [-0.39, 0.29) is 5.91 Å². The van der Waals surface area contributed by atoms with E-state index in [1.807, 2.05) is 50.3 Å². The number of benzene rings is 1. The van der Waals surface area contributed by atoms with Crippen molar-refractivity contribution in [2.24, 2.45) is 0 Å². The van der Waals surface area contributed by atoms with Crippen molar-refractivity contribution in [1.82, 2.24) is 5.32 Å². The first-order chi connectivity index (χ1) is 9.09. The van der Waals surface area contributed by atoms with E-state index in [1.54, 1.807) is 12.1 Å². The second kappa shape index (κ2) is 8.09. The summed E-state index contributed by atoms with van der Waals surface area (Å²) in [6, 6.07) is 9.22. The highest BCUT2D eigenvalue weighted by Crippen LogP contribution is 2.02. The monoisotopic (exact) mass is 255 g/mol. The van der Waals surface area contributed by atoms with Gasteiger partial charge in [-0.1, -0.05) is 54.2 Å². The van der Waals surface area contributed by atoms with Gasteiger partial charge in [0.15, 0.2) is 0 Å². The molecule has 19 heavy (non-hydrogen) atoms. The van der Waals surface area contributed by atoms with Gasteiger partial charge in [0.05, 0.1) is 0 Å². The second-order valence-electron chi connectivity index (χ2n) is 4.63. The topological polar surface area (TPSA) is 29.1 Å². The van der Waals surface area contributed by atoms with Crippen LogP contribution in [0.15, 0.2) is 66.3 Å². The normalized spacial score (nSPS) is 10.2. The van der Waals surface area contributed by atoms with E-state index in [4.69, 9.17) is 0 Å². The van der Waals surface area contributed by atoms with Gasteiger partial charge in [-0.3, -0.25) is 4.79 Å². The van der Waals surface area contributed by atoms with Crippen LogP contribution in [0.3, 0.4) is 0 Å². The lowest BCUT2D eigenvalue weighted by atomic mass is 10.1. The lowest BCUT2D eigenvalue weighted by Gasteiger charge is -2.04. The van der Waals surface area contributed by atoms with Crippen molar-refractivity contribution in [2.45, 2.75) is 20.3 Å². The van der Waals surface area contributed by atoms with Crippen molar-refractivity contribution in [3.8, 4) is 0 Å². The van der Waals surface area contributed by atoms with E-state index in [0.717, 1.165) is 12.0 Å². The summed E-state index contributed by atoms with van der Waals surface area (Å²) in [4.78, 5) is 11.8. The summed E-state index contributed by atoms with van der Waals surface area (Å²) in [5.41, 5.74) is 2.94. The van der Waals surface area contributed by atoms with Gasteiger partial charge in [0.1, 0.15) is 0 Å². The first-order valence-electron chi connectivity index (χ1n) is 6.42. The maximum absolute atomic E-state index is 11.8. The average Bonchev–Trinajstić information content (AvgIpc) is 2.39. The predicted molar refractivity (Wildman–Crippen MR) is 81.1 cm³/mol. The number of rotatable bonds is 6. The van der Waals surface area contributed by atoms with Crippen LogP contribution in [0.5, 0.6) is 0 Å². The quantitative estimate of drug-likeness (QED) is 0.768. The van der Waals surface area contributed by atoms with Gasteiger partial charge in [-0.25, -0.2) is 0 Å². The molecule has 0 bridgehead atoms. The minimum absolute atomic E-state index is 0.0401. The number of nitrogens with one attached hydrogen (secondary N) is 1. The Labute approximate surface area is 115 Å². The van der Waals surface area contributed by atoms with E-state index in [2.05, 4.69) is 11.9 Å². The molecule has 0 spiro atoms. The Morgan fingerprint density at radius 2 is 1.95 bits per heavy atom. The molecule has 1 N–H and O–H groups in total. The molecule has 1 rings (SSSR count). The van der Waals surface area contributed by atoms with Gasteiger partial charge in [0.25, 0.3) is 5.91 Å². The van der Waals surface area contributed by atoms with Gasteiger partial charge < -0.3 is 5.32 Å². The van der Waals surface area contributed by atoms with Gasteiger partial charge in [0, 0.05) is 12.1 Å². The lowest BCUT2D eigenvalue weighted by Crippen LogP contribution is -2.24. The van der Waals surface area contributed by atoms with Crippen LogP contribution >= 0.6 is 0 Å². The summed E-state index contributed by atoms with van der Waals surface area (Å²) in [7, 11) is 0. The summed E-state index contributed by atoms with van der Waals surface area (Å²) in [5, 5.41) is 2.88. The zero-order chi connectivity index (χ0) is 14.1. The average molecular weight is 255 g/mol. The summed E-state index contributed by atoms with van der Waals surface area (Å²) >= 11 is 0. The van der Waals surface area contributed by atoms with Crippen LogP contribution in [0.25, 0.3) is 0 Å². The Morgan fingerprint density at radius 1 is 1.26 bits per heavy atom. The highest BCUT2D eigenvalue weighted by molar-refractivity contribution is 5.94. The molecule has 0 aromatic heterocycles. The first-order valence-corrected chi connectivity index (χ1v) is 6.42. The molecule has 0 atom stereocenters. The third-order valence-electron chi connectivity index (χ3n) is 2.53. The van der Waals surface area contributed by atoms with Gasteiger partial charge in [-0.15, -0.1) is 0 Å². The van der Waals surface area contributed by atoms with E-state index in [0.29, 0.717) is 12.1 Å². The molecular formula is C17H21NO. The fraction of sp³-hybridized carbons (Fsp3) is 0.235. The lowest BCUT2D eigenvalue weighted by molar-refractivity contribution is 0.0954. The molecule has 100 valence electrons. The van der Waals surface area contributed by atoms with Crippen molar-refractivity contribution >= 4 is 5.91 Å². The van der Waals surface area contributed by atoms with Crippen LogP contribution < -0.4 is 5.32 Å².